The number of piperidine rings is 1. The van der Waals surface area contributed by atoms with Gasteiger partial charge < -0.3 is 14.4 Å². The summed E-state index contributed by atoms with van der Waals surface area (Å²) >= 11 is 0. The molecule has 6 nitrogen and oxygen atoms in total. The van der Waals surface area contributed by atoms with Crippen molar-refractivity contribution in [1.82, 2.24) is 14.9 Å². The highest BCUT2D eigenvalue weighted by atomic mass is 16.5. The zero-order valence-electron chi connectivity index (χ0n) is 15.5. The van der Waals surface area contributed by atoms with Gasteiger partial charge in [-0.15, -0.1) is 0 Å². The second-order valence-corrected chi connectivity index (χ2v) is 6.80. The number of aromatic nitrogens is 2. The van der Waals surface area contributed by atoms with Gasteiger partial charge >= 0.3 is 0 Å². The zero-order chi connectivity index (χ0) is 18.5. The van der Waals surface area contributed by atoms with Crippen molar-refractivity contribution in [1.29, 1.82) is 0 Å². The fraction of sp³-hybridized carbons (Fsp3) is 0.450. The number of rotatable bonds is 5. The van der Waals surface area contributed by atoms with Gasteiger partial charge in [-0.1, -0.05) is 13.8 Å². The van der Waals surface area contributed by atoms with Gasteiger partial charge in [0.25, 0.3) is 0 Å². The van der Waals surface area contributed by atoms with Crippen LogP contribution in [0, 0.1) is 5.92 Å². The lowest BCUT2D eigenvalue weighted by Gasteiger charge is -2.33. The van der Waals surface area contributed by atoms with Crippen LogP contribution in [0.15, 0.2) is 36.7 Å². The average Bonchev–Trinajstić information content (AvgIpc) is 2.68. The molecule has 1 atom stereocenters. The van der Waals surface area contributed by atoms with Crippen LogP contribution < -0.4 is 9.47 Å². The molecule has 0 spiro atoms. The fourth-order valence-electron chi connectivity index (χ4n) is 3.22. The molecule has 0 bridgehead atoms. The molecule has 0 saturated carbocycles. The molecular weight excluding hydrogens is 330 g/mol. The predicted octanol–water partition coefficient (Wildman–Crippen LogP) is 3.64. The zero-order valence-corrected chi connectivity index (χ0v) is 15.5. The number of carbonyl (C=O) groups excluding carboxylic acids is 1. The van der Waals surface area contributed by atoms with Gasteiger partial charge in [-0.25, -0.2) is 4.98 Å². The van der Waals surface area contributed by atoms with Crippen LogP contribution in [0.2, 0.25) is 0 Å². The lowest BCUT2D eigenvalue weighted by atomic mass is 9.94. The molecule has 26 heavy (non-hydrogen) atoms. The molecule has 0 unspecified atom stereocenters. The Morgan fingerprint density at radius 3 is 2.54 bits per heavy atom. The molecule has 6 heteroatoms. The summed E-state index contributed by atoms with van der Waals surface area (Å²) in [5.41, 5.74) is 0.810. The lowest BCUT2D eigenvalue weighted by molar-refractivity contribution is -0.135. The summed E-state index contributed by atoms with van der Waals surface area (Å²) in [6.07, 6.45) is 5.24. The van der Waals surface area contributed by atoms with Gasteiger partial charge in [0, 0.05) is 37.3 Å². The first kappa shape index (κ1) is 18.2. The molecule has 0 aliphatic carbocycles. The molecule has 3 rings (SSSR count). The molecule has 0 radical (unpaired) electrons. The lowest BCUT2D eigenvalue weighted by Crippen LogP contribution is -2.41. The highest BCUT2D eigenvalue weighted by Gasteiger charge is 2.29. The molecule has 0 N–H and O–H groups in total. The average molecular weight is 355 g/mol. The van der Waals surface area contributed by atoms with Crippen LogP contribution in [-0.4, -0.2) is 41.0 Å². The van der Waals surface area contributed by atoms with E-state index in [0.29, 0.717) is 18.2 Å². The van der Waals surface area contributed by atoms with Gasteiger partial charge in [0.2, 0.25) is 11.8 Å². The number of hydrogen-bond acceptors (Lipinski definition) is 5. The smallest absolute Gasteiger partial charge is 0.241 e. The van der Waals surface area contributed by atoms with E-state index in [0.717, 1.165) is 30.8 Å². The number of nitrogens with zero attached hydrogens (tertiary/aromatic N) is 3. The second-order valence-electron chi connectivity index (χ2n) is 6.80. The van der Waals surface area contributed by atoms with E-state index in [1.807, 2.05) is 43.0 Å². The molecule has 138 valence electrons. The van der Waals surface area contributed by atoms with Crippen molar-refractivity contribution in [3.8, 4) is 17.4 Å². The summed E-state index contributed by atoms with van der Waals surface area (Å²) < 4.78 is 11.1. The van der Waals surface area contributed by atoms with E-state index < -0.39 is 0 Å². The predicted molar refractivity (Wildman–Crippen MR) is 98.5 cm³/mol. The van der Waals surface area contributed by atoms with Crippen molar-refractivity contribution in [2.45, 2.75) is 32.6 Å². The number of amides is 1. The summed E-state index contributed by atoms with van der Waals surface area (Å²) in [7, 11) is 1.63. The molecule has 1 aliphatic heterocycles. The van der Waals surface area contributed by atoms with Crippen molar-refractivity contribution in [2.75, 3.05) is 20.2 Å². The first-order valence-corrected chi connectivity index (χ1v) is 9.00. The van der Waals surface area contributed by atoms with Gasteiger partial charge in [0.05, 0.1) is 7.11 Å². The molecule has 1 fully saturated rings. The van der Waals surface area contributed by atoms with Crippen LogP contribution in [0.5, 0.6) is 17.4 Å². The standard InChI is InChI=1S/C20H25N3O3/c1-14(2)20(24)23-12-4-5-15(13-23)18-19(22-11-10-21-18)26-17-8-6-16(25-3)7-9-17/h6-11,14-15H,4-5,12-13H2,1-3H3/t15-/m0/s1. The molecule has 2 aromatic rings. The van der Waals surface area contributed by atoms with E-state index in [2.05, 4.69) is 9.97 Å². The molecule has 1 aromatic heterocycles. The molecular formula is C20H25N3O3. The van der Waals surface area contributed by atoms with Crippen LogP contribution in [0.4, 0.5) is 0 Å². The third kappa shape index (κ3) is 4.12. The Morgan fingerprint density at radius 2 is 1.85 bits per heavy atom. The van der Waals surface area contributed by atoms with Crippen molar-refractivity contribution in [2.24, 2.45) is 5.92 Å². The Hall–Kier alpha value is -2.63. The van der Waals surface area contributed by atoms with Crippen LogP contribution in [0.1, 0.15) is 38.3 Å². The van der Waals surface area contributed by atoms with E-state index in [1.165, 1.54) is 0 Å². The van der Waals surface area contributed by atoms with Crippen LogP contribution in [-0.2, 0) is 4.79 Å². The van der Waals surface area contributed by atoms with Crippen LogP contribution >= 0.6 is 0 Å². The van der Waals surface area contributed by atoms with Crippen molar-refractivity contribution >= 4 is 5.91 Å². The van der Waals surface area contributed by atoms with Crippen LogP contribution in [0.25, 0.3) is 0 Å². The minimum atomic E-state index is 0.00521. The second kappa shape index (κ2) is 8.17. The quantitative estimate of drug-likeness (QED) is 0.819. The van der Waals surface area contributed by atoms with E-state index in [1.54, 1.807) is 19.5 Å². The minimum absolute atomic E-state index is 0.00521. The molecule has 1 amide bonds. The summed E-state index contributed by atoms with van der Waals surface area (Å²) in [4.78, 5) is 23.2. The maximum absolute atomic E-state index is 12.4. The maximum atomic E-state index is 12.4. The number of carbonyl (C=O) groups is 1. The molecule has 1 aliphatic rings. The number of likely N-dealkylation sites (tertiary alicyclic amines) is 1. The van der Waals surface area contributed by atoms with Gasteiger partial charge in [-0.2, -0.15) is 0 Å². The third-order valence-electron chi connectivity index (χ3n) is 4.58. The molecule has 1 saturated heterocycles. The van der Waals surface area contributed by atoms with E-state index >= 15 is 0 Å². The Kier molecular flexibility index (Phi) is 5.71. The summed E-state index contributed by atoms with van der Waals surface area (Å²) in [6, 6.07) is 7.36. The first-order valence-electron chi connectivity index (χ1n) is 9.00. The normalized spacial score (nSPS) is 17.2. The van der Waals surface area contributed by atoms with Crippen molar-refractivity contribution in [3.63, 3.8) is 0 Å². The highest BCUT2D eigenvalue weighted by molar-refractivity contribution is 5.78. The number of benzene rings is 1. The fourth-order valence-corrected chi connectivity index (χ4v) is 3.22. The maximum Gasteiger partial charge on any atom is 0.241 e. The van der Waals surface area contributed by atoms with Gasteiger partial charge in [-0.05, 0) is 37.1 Å². The summed E-state index contributed by atoms with van der Waals surface area (Å²) in [5.74, 6) is 2.28. The SMILES string of the molecule is COc1ccc(Oc2nccnc2[C@H]2CCCN(C(=O)C(C)C)C2)cc1. The monoisotopic (exact) mass is 355 g/mol. The van der Waals surface area contributed by atoms with E-state index in [9.17, 15) is 4.79 Å². The number of methoxy groups -OCH3 is 1. The minimum Gasteiger partial charge on any atom is -0.497 e. The Balaban J connectivity index is 1.78. The largest absolute Gasteiger partial charge is 0.497 e. The van der Waals surface area contributed by atoms with E-state index in [4.69, 9.17) is 9.47 Å². The Morgan fingerprint density at radius 1 is 1.15 bits per heavy atom. The number of ether oxygens (including phenoxy) is 2. The van der Waals surface area contributed by atoms with E-state index in [-0.39, 0.29) is 17.7 Å². The Bertz CT molecular complexity index is 746. The van der Waals surface area contributed by atoms with Gasteiger partial charge in [-0.3, -0.25) is 9.78 Å². The summed E-state index contributed by atoms with van der Waals surface area (Å²) in [6.45, 7) is 5.34. The van der Waals surface area contributed by atoms with Gasteiger partial charge in [0.1, 0.15) is 17.2 Å². The number of hydrogen-bond donors (Lipinski definition) is 0. The molecule has 1 aromatic carbocycles. The van der Waals surface area contributed by atoms with Crippen molar-refractivity contribution in [3.05, 3.63) is 42.4 Å². The summed E-state index contributed by atoms with van der Waals surface area (Å²) in [5, 5.41) is 0. The Labute approximate surface area is 154 Å². The topological polar surface area (TPSA) is 64.6 Å². The first-order chi connectivity index (χ1) is 12.6. The van der Waals surface area contributed by atoms with Gasteiger partial charge in [0.15, 0.2) is 0 Å². The molecule has 2 heterocycles. The van der Waals surface area contributed by atoms with Crippen molar-refractivity contribution < 1.29 is 14.3 Å². The van der Waals surface area contributed by atoms with Crippen LogP contribution in [0.3, 0.4) is 0 Å². The highest BCUT2D eigenvalue weighted by Crippen LogP contribution is 2.33. The third-order valence-corrected chi connectivity index (χ3v) is 4.58.